The summed E-state index contributed by atoms with van der Waals surface area (Å²) in [5.74, 6) is 0.774. The molecule has 0 radical (unpaired) electrons. The van der Waals surface area contributed by atoms with Gasteiger partial charge in [-0.2, -0.15) is 0 Å². The van der Waals surface area contributed by atoms with Crippen LogP contribution in [0.3, 0.4) is 0 Å². The smallest absolute Gasteiger partial charge is 0.0388 e. The third-order valence-electron chi connectivity index (χ3n) is 3.80. The number of aryl methyl sites for hydroxylation is 2. The molecule has 0 bridgehead atoms. The van der Waals surface area contributed by atoms with E-state index in [0.717, 1.165) is 5.92 Å². The molecule has 0 aliphatic heterocycles. The van der Waals surface area contributed by atoms with Crippen molar-refractivity contribution >= 4 is 11.3 Å². The molecule has 2 unspecified atom stereocenters. The highest BCUT2D eigenvalue weighted by molar-refractivity contribution is 7.12. The van der Waals surface area contributed by atoms with E-state index in [4.69, 9.17) is 0 Å². The molecule has 18 heavy (non-hydrogen) atoms. The zero-order valence-corrected chi connectivity index (χ0v) is 13.1. The van der Waals surface area contributed by atoms with Crippen molar-refractivity contribution in [1.29, 1.82) is 0 Å². The fourth-order valence-electron chi connectivity index (χ4n) is 3.01. The molecule has 0 saturated heterocycles. The standard InChI is InChI=1S/C16H27NS/c1-11(2)9-12(3)17-13(4)16-10-14-7-5-6-8-15(14)18-16/h10-13,17H,5-9H2,1-4H3. The summed E-state index contributed by atoms with van der Waals surface area (Å²) in [6, 6.07) is 3.58. The highest BCUT2D eigenvalue weighted by Crippen LogP contribution is 2.33. The molecule has 1 aromatic rings. The van der Waals surface area contributed by atoms with Gasteiger partial charge in [0.05, 0.1) is 0 Å². The predicted octanol–water partition coefficient (Wildman–Crippen LogP) is 4.71. The monoisotopic (exact) mass is 265 g/mol. The lowest BCUT2D eigenvalue weighted by Gasteiger charge is -2.20. The minimum Gasteiger partial charge on any atom is -0.307 e. The Morgan fingerprint density at radius 2 is 1.89 bits per heavy atom. The van der Waals surface area contributed by atoms with Crippen molar-refractivity contribution in [3.63, 3.8) is 0 Å². The van der Waals surface area contributed by atoms with Gasteiger partial charge in [0, 0.05) is 21.8 Å². The topological polar surface area (TPSA) is 12.0 Å². The first-order chi connectivity index (χ1) is 8.56. The second-order valence-electron chi connectivity index (χ2n) is 6.22. The summed E-state index contributed by atoms with van der Waals surface area (Å²) in [6.07, 6.45) is 6.65. The second kappa shape index (κ2) is 6.21. The van der Waals surface area contributed by atoms with Gasteiger partial charge in [-0.1, -0.05) is 13.8 Å². The van der Waals surface area contributed by atoms with Crippen LogP contribution in [0.15, 0.2) is 6.07 Å². The molecule has 0 spiro atoms. The molecule has 0 fully saturated rings. The van der Waals surface area contributed by atoms with Crippen LogP contribution in [0.4, 0.5) is 0 Å². The molecule has 0 amide bonds. The maximum absolute atomic E-state index is 3.75. The zero-order valence-electron chi connectivity index (χ0n) is 12.3. The first kappa shape index (κ1) is 14.1. The number of thiophene rings is 1. The lowest BCUT2D eigenvalue weighted by molar-refractivity contribution is 0.409. The maximum Gasteiger partial charge on any atom is 0.0388 e. The van der Waals surface area contributed by atoms with Crippen LogP contribution in [0.25, 0.3) is 0 Å². The first-order valence-electron chi connectivity index (χ1n) is 7.43. The van der Waals surface area contributed by atoms with Crippen molar-refractivity contribution in [2.45, 2.75) is 71.9 Å². The van der Waals surface area contributed by atoms with Gasteiger partial charge >= 0.3 is 0 Å². The Balaban J connectivity index is 1.96. The van der Waals surface area contributed by atoms with Crippen LogP contribution in [0.1, 0.15) is 68.3 Å². The van der Waals surface area contributed by atoms with E-state index >= 15 is 0 Å². The fourth-order valence-corrected chi connectivity index (χ4v) is 4.28. The average Bonchev–Trinajstić information content (AvgIpc) is 2.71. The van der Waals surface area contributed by atoms with Crippen molar-refractivity contribution in [2.75, 3.05) is 0 Å². The van der Waals surface area contributed by atoms with Crippen molar-refractivity contribution in [2.24, 2.45) is 5.92 Å². The summed E-state index contributed by atoms with van der Waals surface area (Å²) < 4.78 is 0. The zero-order chi connectivity index (χ0) is 13.1. The van der Waals surface area contributed by atoms with E-state index in [2.05, 4.69) is 39.1 Å². The Labute approximate surface area is 116 Å². The fraction of sp³-hybridized carbons (Fsp3) is 0.750. The third-order valence-corrected chi connectivity index (χ3v) is 5.22. The van der Waals surface area contributed by atoms with Gasteiger partial charge in [-0.05, 0) is 63.5 Å². The van der Waals surface area contributed by atoms with Crippen LogP contribution >= 0.6 is 11.3 Å². The van der Waals surface area contributed by atoms with E-state index in [1.807, 2.05) is 11.3 Å². The number of hydrogen-bond donors (Lipinski definition) is 1. The Kier molecular flexibility index (Phi) is 4.85. The number of rotatable bonds is 5. The second-order valence-corrected chi connectivity index (χ2v) is 7.39. The molecule has 1 aromatic heterocycles. The van der Waals surface area contributed by atoms with Gasteiger partial charge in [-0.3, -0.25) is 0 Å². The SMILES string of the molecule is CC(C)CC(C)NC(C)c1cc2c(s1)CCCC2. The summed E-state index contributed by atoms with van der Waals surface area (Å²) >= 11 is 2.04. The normalized spacial score (nSPS) is 18.7. The molecule has 1 aliphatic rings. The van der Waals surface area contributed by atoms with Gasteiger partial charge in [0.15, 0.2) is 0 Å². The molecular weight excluding hydrogens is 238 g/mol. The molecule has 0 aromatic carbocycles. The molecule has 102 valence electrons. The van der Waals surface area contributed by atoms with Crippen molar-refractivity contribution < 1.29 is 0 Å². The van der Waals surface area contributed by atoms with E-state index in [0.29, 0.717) is 12.1 Å². The average molecular weight is 265 g/mol. The van der Waals surface area contributed by atoms with Gasteiger partial charge in [-0.15, -0.1) is 11.3 Å². The molecule has 2 heteroatoms. The minimum atomic E-state index is 0.509. The lowest BCUT2D eigenvalue weighted by Crippen LogP contribution is -2.29. The summed E-state index contributed by atoms with van der Waals surface area (Å²) in [5, 5.41) is 3.75. The molecule has 0 saturated carbocycles. The number of nitrogens with one attached hydrogen (secondary N) is 1. The maximum atomic E-state index is 3.75. The number of fused-ring (bicyclic) bond motifs is 1. The molecule has 1 heterocycles. The quantitative estimate of drug-likeness (QED) is 0.813. The molecule has 2 rings (SSSR count). The Morgan fingerprint density at radius 3 is 2.56 bits per heavy atom. The van der Waals surface area contributed by atoms with E-state index in [1.54, 1.807) is 10.4 Å². The number of hydrogen-bond acceptors (Lipinski definition) is 2. The van der Waals surface area contributed by atoms with E-state index in [1.165, 1.54) is 37.0 Å². The van der Waals surface area contributed by atoms with Crippen LogP contribution in [0.5, 0.6) is 0 Å². The van der Waals surface area contributed by atoms with Crippen molar-refractivity contribution in [3.05, 3.63) is 21.4 Å². The van der Waals surface area contributed by atoms with Crippen LogP contribution in [-0.4, -0.2) is 6.04 Å². The van der Waals surface area contributed by atoms with Gasteiger partial charge in [-0.25, -0.2) is 0 Å². The summed E-state index contributed by atoms with van der Waals surface area (Å²) in [6.45, 7) is 9.22. The van der Waals surface area contributed by atoms with Crippen LogP contribution < -0.4 is 5.32 Å². The van der Waals surface area contributed by atoms with Crippen molar-refractivity contribution in [1.82, 2.24) is 5.32 Å². The Hall–Kier alpha value is -0.340. The summed E-state index contributed by atoms with van der Waals surface area (Å²) in [4.78, 5) is 3.19. The molecular formula is C16H27NS. The van der Waals surface area contributed by atoms with Crippen LogP contribution in [0.2, 0.25) is 0 Å². The predicted molar refractivity (Wildman–Crippen MR) is 81.4 cm³/mol. The van der Waals surface area contributed by atoms with Crippen molar-refractivity contribution in [3.8, 4) is 0 Å². The van der Waals surface area contributed by atoms with E-state index in [9.17, 15) is 0 Å². The minimum absolute atomic E-state index is 0.509. The highest BCUT2D eigenvalue weighted by Gasteiger charge is 2.17. The summed E-state index contributed by atoms with van der Waals surface area (Å²) in [5.41, 5.74) is 1.63. The van der Waals surface area contributed by atoms with Gasteiger partial charge < -0.3 is 5.32 Å². The van der Waals surface area contributed by atoms with E-state index < -0.39 is 0 Å². The van der Waals surface area contributed by atoms with Crippen LogP contribution in [-0.2, 0) is 12.8 Å². The third kappa shape index (κ3) is 3.58. The Bertz CT molecular complexity index is 357. The molecule has 2 atom stereocenters. The lowest BCUT2D eigenvalue weighted by atomic mass is 9.98. The molecule has 1 nitrogen and oxygen atoms in total. The highest BCUT2D eigenvalue weighted by atomic mass is 32.1. The van der Waals surface area contributed by atoms with Gasteiger partial charge in [0.25, 0.3) is 0 Å². The largest absolute Gasteiger partial charge is 0.307 e. The van der Waals surface area contributed by atoms with Gasteiger partial charge in [0.1, 0.15) is 0 Å². The van der Waals surface area contributed by atoms with Gasteiger partial charge in [0.2, 0.25) is 0 Å². The first-order valence-corrected chi connectivity index (χ1v) is 8.25. The van der Waals surface area contributed by atoms with Crippen LogP contribution in [0, 0.1) is 5.92 Å². The Morgan fingerprint density at radius 1 is 1.17 bits per heavy atom. The summed E-state index contributed by atoms with van der Waals surface area (Å²) in [7, 11) is 0. The molecule has 1 aliphatic carbocycles. The van der Waals surface area contributed by atoms with E-state index in [-0.39, 0.29) is 0 Å². The molecule has 1 N–H and O–H groups in total.